The van der Waals surface area contributed by atoms with Crippen LogP contribution in [0.3, 0.4) is 0 Å². The first-order valence-electron chi connectivity index (χ1n) is 12.0. The number of ether oxygens (including phenoxy) is 2. The van der Waals surface area contributed by atoms with Crippen molar-refractivity contribution >= 4 is 29.3 Å². The number of aromatic nitrogens is 4. The number of methoxy groups -OCH3 is 1. The second-order valence-corrected chi connectivity index (χ2v) is 8.40. The van der Waals surface area contributed by atoms with E-state index in [1.807, 2.05) is 24.3 Å². The van der Waals surface area contributed by atoms with Crippen LogP contribution in [0.4, 0.5) is 16.3 Å². The van der Waals surface area contributed by atoms with Crippen LogP contribution in [0, 0.1) is 0 Å². The number of benzene rings is 2. The third-order valence-electron chi connectivity index (χ3n) is 6.17. The average molecular weight is 502 g/mol. The Morgan fingerprint density at radius 1 is 1.03 bits per heavy atom. The zero-order chi connectivity index (χ0) is 25.8. The molecule has 0 bridgehead atoms. The highest BCUT2D eigenvalue weighted by Crippen LogP contribution is 2.32. The number of fused-ring (bicyclic) bond motifs is 1. The molecule has 2 amide bonds. The van der Waals surface area contributed by atoms with Gasteiger partial charge in [0.1, 0.15) is 17.9 Å². The molecule has 0 aliphatic carbocycles. The molecule has 5 rings (SSSR count). The van der Waals surface area contributed by atoms with Gasteiger partial charge in [0.05, 0.1) is 19.3 Å². The van der Waals surface area contributed by atoms with Gasteiger partial charge in [-0.15, -0.1) is 0 Å². The van der Waals surface area contributed by atoms with Gasteiger partial charge in [-0.25, -0.2) is 14.6 Å². The molecule has 190 valence electrons. The highest BCUT2D eigenvalue weighted by atomic mass is 16.5. The molecule has 11 heteroatoms. The van der Waals surface area contributed by atoms with Crippen LogP contribution in [-0.4, -0.2) is 76.4 Å². The van der Waals surface area contributed by atoms with Gasteiger partial charge < -0.3 is 24.6 Å². The normalized spacial score (nSPS) is 13.5. The molecule has 1 fully saturated rings. The first-order chi connectivity index (χ1) is 18.1. The Morgan fingerprint density at radius 3 is 2.54 bits per heavy atom. The van der Waals surface area contributed by atoms with E-state index in [0.29, 0.717) is 43.2 Å². The zero-order valence-electron chi connectivity index (χ0n) is 20.6. The smallest absolute Gasteiger partial charge is 0.338 e. The summed E-state index contributed by atoms with van der Waals surface area (Å²) in [5.74, 6) is 1.73. The van der Waals surface area contributed by atoms with E-state index in [9.17, 15) is 9.59 Å². The predicted molar refractivity (Wildman–Crippen MR) is 138 cm³/mol. The first-order valence-corrected chi connectivity index (χ1v) is 12.0. The largest absolute Gasteiger partial charge is 0.497 e. The van der Waals surface area contributed by atoms with Crippen LogP contribution in [0.5, 0.6) is 5.75 Å². The Hall–Kier alpha value is -4.67. The third kappa shape index (κ3) is 5.01. The van der Waals surface area contributed by atoms with E-state index in [1.54, 1.807) is 53.9 Å². The standard InChI is InChI=1S/C26H27N7O4/c1-3-37-24(34)19-5-4-6-20(15-19)30-26(35)32-13-11-31(12-14-32)23-22(16-27-25-28-17-29-33(23)25)18-7-9-21(36-2)10-8-18/h4-10,15-17H,3,11-14H2,1-2H3,(H,30,35). The molecule has 0 radical (unpaired) electrons. The molecule has 2 aromatic carbocycles. The van der Waals surface area contributed by atoms with Crippen molar-refractivity contribution in [2.24, 2.45) is 0 Å². The van der Waals surface area contributed by atoms with Gasteiger partial charge in [0, 0.05) is 43.6 Å². The van der Waals surface area contributed by atoms with E-state index >= 15 is 0 Å². The SMILES string of the molecule is CCOC(=O)c1cccc(NC(=O)N2CCN(c3c(-c4ccc(OC)cc4)cnc4ncnn34)CC2)c1. The van der Waals surface area contributed by atoms with Crippen molar-refractivity contribution < 1.29 is 19.1 Å². The fourth-order valence-electron chi connectivity index (χ4n) is 4.31. The summed E-state index contributed by atoms with van der Waals surface area (Å²) in [5, 5.41) is 7.29. The minimum atomic E-state index is -0.420. The van der Waals surface area contributed by atoms with E-state index in [-0.39, 0.29) is 12.6 Å². The number of amides is 2. The van der Waals surface area contributed by atoms with Gasteiger partial charge in [-0.1, -0.05) is 18.2 Å². The molecular weight excluding hydrogens is 474 g/mol. The lowest BCUT2D eigenvalue weighted by atomic mass is 10.1. The second kappa shape index (κ2) is 10.5. The number of anilines is 2. The summed E-state index contributed by atoms with van der Waals surface area (Å²) in [5.41, 5.74) is 2.82. The molecule has 11 nitrogen and oxygen atoms in total. The summed E-state index contributed by atoms with van der Waals surface area (Å²) in [6.07, 6.45) is 3.29. The lowest BCUT2D eigenvalue weighted by Gasteiger charge is -2.36. The molecule has 1 N–H and O–H groups in total. The Balaban J connectivity index is 1.32. The molecule has 1 aliphatic heterocycles. The van der Waals surface area contributed by atoms with Crippen molar-refractivity contribution in [3.63, 3.8) is 0 Å². The maximum Gasteiger partial charge on any atom is 0.338 e. The van der Waals surface area contributed by atoms with Gasteiger partial charge in [0.2, 0.25) is 0 Å². The summed E-state index contributed by atoms with van der Waals surface area (Å²) in [6.45, 7) is 4.24. The van der Waals surface area contributed by atoms with E-state index in [4.69, 9.17) is 9.47 Å². The average Bonchev–Trinajstić information content (AvgIpc) is 3.42. The highest BCUT2D eigenvalue weighted by Gasteiger charge is 2.26. The number of esters is 1. The summed E-state index contributed by atoms with van der Waals surface area (Å²) in [6, 6.07) is 14.3. The minimum absolute atomic E-state index is 0.225. The molecule has 0 saturated carbocycles. The van der Waals surface area contributed by atoms with Crippen molar-refractivity contribution in [2.75, 3.05) is 50.1 Å². The molecule has 0 unspecified atom stereocenters. The monoisotopic (exact) mass is 501 g/mol. The highest BCUT2D eigenvalue weighted by molar-refractivity contribution is 5.94. The van der Waals surface area contributed by atoms with Gasteiger partial charge in [0.15, 0.2) is 0 Å². The van der Waals surface area contributed by atoms with Crippen LogP contribution in [0.15, 0.2) is 61.1 Å². The Morgan fingerprint density at radius 2 is 1.81 bits per heavy atom. The summed E-state index contributed by atoms with van der Waals surface area (Å²) in [4.78, 5) is 37.6. The van der Waals surface area contributed by atoms with Gasteiger partial charge in [-0.2, -0.15) is 14.6 Å². The van der Waals surface area contributed by atoms with Gasteiger partial charge >= 0.3 is 12.0 Å². The third-order valence-corrected chi connectivity index (χ3v) is 6.17. The van der Waals surface area contributed by atoms with Crippen molar-refractivity contribution in [3.05, 3.63) is 66.6 Å². The molecule has 1 saturated heterocycles. The molecule has 1 aliphatic rings. The van der Waals surface area contributed by atoms with Gasteiger partial charge in [0.25, 0.3) is 5.78 Å². The molecular formula is C26H27N7O4. The maximum atomic E-state index is 13.0. The van der Waals surface area contributed by atoms with Crippen molar-refractivity contribution in [1.82, 2.24) is 24.5 Å². The minimum Gasteiger partial charge on any atom is -0.497 e. The lowest BCUT2D eigenvalue weighted by molar-refractivity contribution is 0.0526. The fraction of sp³-hybridized carbons (Fsp3) is 0.269. The van der Waals surface area contributed by atoms with Crippen molar-refractivity contribution in [2.45, 2.75) is 6.92 Å². The van der Waals surface area contributed by atoms with E-state index in [1.165, 1.54) is 6.33 Å². The lowest BCUT2D eigenvalue weighted by Crippen LogP contribution is -2.50. The molecule has 4 aromatic rings. The Labute approximate surface area is 213 Å². The molecule has 2 aromatic heterocycles. The summed E-state index contributed by atoms with van der Waals surface area (Å²) >= 11 is 0. The van der Waals surface area contributed by atoms with Crippen LogP contribution in [0.25, 0.3) is 16.9 Å². The topological polar surface area (TPSA) is 114 Å². The van der Waals surface area contributed by atoms with Gasteiger partial charge in [-0.05, 0) is 42.8 Å². The number of hydrogen-bond acceptors (Lipinski definition) is 8. The second-order valence-electron chi connectivity index (χ2n) is 8.40. The number of carbonyl (C=O) groups excluding carboxylic acids is 2. The number of nitrogens with zero attached hydrogens (tertiary/aromatic N) is 6. The number of nitrogens with one attached hydrogen (secondary N) is 1. The number of rotatable bonds is 6. The Bertz CT molecular complexity index is 1410. The van der Waals surface area contributed by atoms with Crippen LogP contribution in [0.1, 0.15) is 17.3 Å². The Kier molecular flexibility index (Phi) is 6.84. The first kappa shape index (κ1) is 24.0. The van der Waals surface area contributed by atoms with Gasteiger partial charge in [-0.3, -0.25) is 0 Å². The summed E-state index contributed by atoms with van der Waals surface area (Å²) < 4.78 is 12.1. The van der Waals surface area contributed by atoms with Crippen LogP contribution in [-0.2, 0) is 4.74 Å². The number of carbonyl (C=O) groups is 2. The van der Waals surface area contributed by atoms with Crippen LogP contribution >= 0.6 is 0 Å². The number of hydrogen-bond donors (Lipinski definition) is 1. The van der Waals surface area contributed by atoms with Crippen LogP contribution < -0.4 is 15.0 Å². The molecule has 37 heavy (non-hydrogen) atoms. The maximum absolute atomic E-state index is 13.0. The zero-order valence-corrected chi connectivity index (χ0v) is 20.6. The summed E-state index contributed by atoms with van der Waals surface area (Å²) in [7, 11) is 1.64. The number of urea groups is 1. The number of piperazine rings is 1. The van der Waals surface area contributed by atoms with E-state index in [2.05, 4.69) is 25.3 Å². The molecule has 0 atom stereocenters. The molecule has 3 heterocycles. The van der Waals surface area contributed by atoms with E-state index < -0.39 is 5.97 Å². The van der Waals surface area contributed by atoms with Crippen molar-refractivity contribution in [1.29, 1.82) is 0 Å². The fourth-order valence-corrected chi connectivity index (χ4v) is 4.31. The van der Waals surface area contributed by atoms with Crippen LogP contribution in [0.2, 0.25) is 0 Å². The van der Waals surface area contributed by atoms with Crippen molar-refractivity contribution in [3.8, 4) is 16.9 Å². The quantitative estimate of drug-likeness (QED) is 0.400. The molecule has 0 spiro atoms. The van der Waals surface area contributed by atoms with E-state index in [0.717, 1.165) is 22.7 Å². The predicted octanol–water partition coefficient (Wildman–Crippen LogP) is 3.33.